The third kappa shape index (κ3) is 4.53. The molecule has 0 atom stereocenters. The summed E-state index contributed by atoms with van der Waals surface area (Å²) in [5.41, 5.74) is 4.63. The van der Waals surface area contributed by atoms with Crippen LogP contribution in [0.15, 0.2) is 78.5 Å². The smallest absolute Gasteiger partial charge is 0.266 e. The number of hydrogen-bond acceptors (Lipinski definition) is 4. The predicted molar refractivity (Wildman–Crippen MR) is 132 cm³/mol. The van der Waals surface area contributed by atoms with Crippen molar-refractivity contribution in [3.63, 3.8) is 0 Å². The van der Waals surface area contributed by atoms with E-state index in [-0.39, 0.29) is 5.57 Å². The Morgan fingerprint density at radius 3 is 2.62 bits per heavy atom. The number of hydrogen-bond donors (Lipinski definition) is 1. The maximum atomic E-state index is 12.9. The molecule has 0 saturated heterocycles. The lowest BCUT2D eigenvalue weighted by molar-refractivity contribution is -0.112. The highest BCUT2D eigenvalue weighted by atomic mass is 16.5. The Morgan fingerprint density at radius 1 is 1.09 bits per heavy atom. The molecular formula is C28H22N4O2. The molecule has 1 amide bonds. The van der Waals surface area contributed by atoms with Gasteiger partial charge in [0.1, 0.15) is 17.4 Å². The molecule has 0 bridgehead atoms. The Kier molecular flexibility index (Phi) is 6.43. The number of carbonyl (C=O) groups excluding carboxylic acids is 1. The van der Waals surface area contributed by atoms with E-state index < -0.39 is 5.91 Å². The summed E-state index contributed by atoms with van der Waals surface area (Å²) in [6.07, 6.45) is 3.49. The van der Waals surface area contributed by atoms with Crippen LogP contribution in [-0.2, 0) is 11.3 Å². The number of amides is 1. The van der Waals surface area contributed by atoms with Crippen molar-refractivity contribution in [2.45, 2.75) is 13.5 Å². The fourth-order valence-electron chi connectivity index (χ4n) is 3.89. The zero-order valence-corrected chi connectivity index (χ0v) is 18.9. The van der Waals surface area contributed by atoms with Crippen LogP contribution in [0.5, 0.6) is 5.75 Å². The molecule has 1 aromatic heterocycles. The number of nitrogens with one attached hydrogen (secondary N) is 1. The lowest BCUT2D eigenvalue weighted by atomic mass is 10.1. The third-order valence-corrected chi connectivity index (χ3v) is 5.57. The molecule has 4 rings (SSSR count). The Morgan fingerprint density at radius 2 is 1.85 bits per heavy atom. The normalized spacial score (nSPS) is 11.0. The number of carbonyl (C=O) groups is 1. The molecule has 0 radical (unpaired) electrons. The molecule has 0 spiro atoms. The van der Waals surface area contributed by atoms with Crippen molar-refractivity contribution in [1.82, 2.24) is 4.57 Å². The van der Waals surface area contributed by atoms with E-state index in [9.17, 15) is 15.3 Å². The first-order valence-corrected chi connectivity index (χ1v) is 10.7. The average Bonchev–Trinajstić information content (AvgIpc) is 3.20. The summed E-state index contributed by atoms with van der Waals surface area (Å²) in [4.78, 5) is 12.9. The predicted octanol–water partition coefficient (Wildman–Crippen LogP) is 5.42. The van der Waals surface area contributed by atoms with Crippen molar-refractivity contribution in [2.24, 2.45) is 0 Å². The number of benzene rings is 3. The molecule has 0 aliphatic heterocycles. The van der Waals surface area contributed by atoms with Gasteiger partial charge >= 0.3 is 0 Å². The number of para-hydroxylation sites is 1. The summed E-state index contributed by atoms with van der Waals surface area (Å²) in [5, 5.41) is 22.9. The SMILES string of the molecule is COc1ccc(C)cc1NC(=O)/C(C#N)=C/c1cn(Cc2ccccc2C#N)c2ccccc12. The minimum absolute atomic E-state index is 0.0242. The van der Waals surface area contributed by atoms with Crippen LogP contribution in [0, 0.1) is 29.6 Å². The Bertz CT molecular complexity index is 1500. The zero-order valence-electron chi connectivity index (χ0n) is 18.9. The second-order valence-electron chi connectivity index (χ2n) is 7.83. The van der Waals surface area contributed by atoms with Gasteiger partial charge in [-0.25, -0.2) is 0 Å². The van der Waals surface area contributed by atoms with Crippen LogP contribution in [0.25, 0.3) is 17.0 Å². The van der Waals surface area contributed by atoms with E-state index in [1.807, 2.05) is 72.3 Å². The van der Waals surface area contributed by atoms with Gasteiger partial charge in [0.15, 0.2) is 0 Å². The van der Waals surface area contributed by atoms with Crippen molar-refractivity contribution in [1.29, 1.82) is 10.5 Å². The minimum Gasteiger partial charge on any atom is -0.495 e. The minimum atomic E-state index is -0.516. The van der Waals surface area contributed by atoms with Crippen LogP contribution in [-0.4, -0.2) is 17.6 Å². The molecule has 166 valence electrons. The van der Waals surface area contributed by atoms with Crippen LogP contribution in [0.4, 0.5) is 5.69 Å². The summed E-state index contributed by atoms with van der Waals surface area (Å²) in [7, 11) is 1.53. The molecular weight excluding hydrogens is 424 g/mol. The van der Waals surface area contributed by atoms with Gasteiger partial charge in [-0.3, -0.25) is 4.79 Å². The lowest BCUT2D eigenvalue weighted by Crippen LogP contribution is -2.14. The number of ether oxygens (including phenoxy) is 1. The topological polar surface area (TPSA) is 90.8 Å². The summed E-state index contributed by atoms with van der Waals surface area (Å²) < 4.78 is 7.35. The molecule has 0 fully saturated rings. The zero-order chi connectivity index (χ0) is 24.1. The number of methoxy groups -OCH3 is 1. The highest BCUT2D eigenvalue weighted by Crippen LogP contribution is 2.28. The maximum absolute atomic E-state index is 12.9. The summed E-state index contributed by atoms with van der Waals surface area (Å²) in [6.45, 7) is 2.40. The van der Waals surface area contributed by atoms with E-state index in [0.29, 0.717) is 23.5 Å². The Hall–Kier alpha value is -4.81. The van der Waals surface area contributed by atoms with E-state index in [2.05, 4.69) is 11.4 Å². The van der Waals surface area contributed by atoms with Crippen LogP contribution < -0.4 is 10.1 Å². The van der Waals surface area contributed by atoms with E-state index in [1.54, 1.807) is 24.3 Å². The molecule has 0 saturated carbocycles. The number of anilines is 1. The van der Waals surface area contributed by atoms with Crippen molar-refractivity contribution in [2.75, 3.05) is 12.4 Å². The van der Waals surface area contributed by atoms with Gasteiger partial charge in [0.2, 0.25) is 0 Å². The summed E-state index contributed by atoms with van der Waals surface area (Å²) >= 11 is 0. The van der Waals surface area contributed by atoms with Crippen LogP contribution in [0.2, 0.25) is 0 Å². The van der Waals surface area contributed by atoms with Gasteiger partial charge in [-0.15, -0.1) is 0 Å². The van der Waals surface area contributed by atoms with Crippen molar-refractivity contribution >= 4 is 28.6 Å². The molecule has 4 aromatic rings. The highest BCUT2D eigenvalue weighted by molar-refractivity contribution is 6.11. The molecule has 1 heterocycles. The second kappa shape index (κ2) is 9.77. The number of rotatable bonds is 6. The van der Waals surface area contributed by atoms with Gasteiger partial charge in [0, 0.05) is 29.2 Å². The standard InChI is InChI=1S/C28H22N4O2/c1-19-11-12-27(34-2)25(13-19)31-28(33)22(16-30)14-23-18-32(26-10-6-5-9-24(23)26)17-21-8-4-3-7-20(21)15-29/h3-14,18H,17H2,1-2H3,(H,31,33)/b22-14+. The van der Waals surface area contributed by atoms with E-state index in [4.69, 9.17) is 4.74 Å². The number of nitriles is 2. The molecule has 6 nitrogen and oxygen atoms in total. The fourth-order valence-corrected chi connectivity index (χ4v) is 3.89. The van der Waals surface area contributed by atoms with E-state index >= 15 is 0 Å². The molecule has 1 N–H and O–H groups in total. The van der Waals surface area contributed by atoms with E-state index in [1.165, 1.54) is 7.11 Å². The van der Waals surface area contributed by atoms with Crippen LogP contribution >= 0.6 is 0 Å². The number of aromatic nitrogens is 1. The second-order valence-corrected chi connectivity index (χ2v) is 7.83. The first kappa shape index (κ1) is 22.4. The molecule has 0 aliphatic rings. The molecule has 0 aliphatic carbocycles. The van der Waals surface area contributed by atoms with Gasteiger partial charge in [0.25, 0.3) is 5.91 Å². The van der Waals surface area contributed by atoms with Crippen molar-refractivity contribution < 1.29 is 9.53 Å². The van der Waals surface area contributed by atoms with Gasteiger partial charge in [-0.2, -0.15) is 10.5 Å². The van der Waals surface area contributed by atoms with Crippen molar-refractivity contribution in [3.05, 3.63) is 101 Å². The summed E-state index contributed by atoms with van der Waals surface area (Å²) in [5.74, 6) is 0.00191. The number of nitrogens with zero attached hydrogens (tertiary/aromatic N) is 3. The quantitative estimate of drug-likeness (QED) is 0.316. The first-order chi connectivity index (χ1) is 16.5. The highest BCUT2D eigenvalue weighted by Gasteiger charge is 2.15. The monoisotopic (exact) mass is 446 g/mol. The fraction of sp³-hybridized carbons (Fsp3) is 0.107. The average molecular weight is 447 g/mol. The summed E-state index contributed by atoms with van der Waals surface area (Å²) in [6, 6.07) is 24.9. The molecule has 3 aromatic carbocycles. The van der Waals surface area contributed by atoms with Crippen LogP contribution in [0.3, 0.4) is 0 Å². The van der Waals surface area contributed by atoms with Gasteiger partial charge in [0.05, 0.1) is 24.4 Å². The molecule has 6 heteroatoms. The van der Waals surface area contributed by atoms with Crippen LogP contribution in [0.1, 0.15) is 22.3 Å². The lowest BCUT2D eigenvalue weighted by Gasteiger charge is -2.10. The maximum Gasteiger partial charge on any atom is 0.266 e. The van der Waals surface area contributed by atoms with Gasteiger partial charge in [-0.05, 0) is 48.4 Å². The molecule has 34 heavy (non-hydrogen) atoms. The largest absolute Gasteiger partial charge is 0.495 e. The van der Waals surface area contributed by atoms with Crippen molar-refractivity contribution in [3.8, 4) is 17.9 Å². The van der Waals surface area contributed by atoms with E-state index in [0.717, 1.165) is 27.6 Å². The third-order valence-electron chi connectivity index (χ3n) is 5.57. The number of fused-ring (bicyclic) bond motifs is 1. The number of aryl methyl sites for hydroxylation is 1. The first-order valence-electron chi connectivity index (χ1n) is 10.7. The Balaban J connectivity index is 1.71. The van der Waals surface area contributed by atoms with Gasteiger partial charge < -0.3 is 14.6 Å². The van der Waals surface area contributed by atoms with Gasteiger partial charge in [-0.1, -0.05) is 42.5 Å². The Labute approximate surface area is 197 Å². The molecule has 0 unspecified atom stereocenters.